The van der Waals surface area contributed by atoms with Crippen LogP contribution in [0.5, 0.6) is 5.75 Å². The van der Waals surface area contributed by atoms with Gasteiger partial charge in [0.15, 0.2) is 5.13 Å². The van der Waals surface area contributed by atoms with E-state index in [2.05, 4.69) is 15.6 Å². The van der Waals surface area contributed by atoms with Crippen LogP contribution in [0.25, 0.3) is 17.0 Å². The third-order valence-corrected chi connectivity index (χ3v) is 7.18. The Labute approximate surface area is 208 Å². The van der Waals surface area contributed by atoms with E-state index < -0.39 is 0 Å². The number of carbonyl (C=O) groups is 1. The molecule has 0 saturated carbocycles. The molecule has 5 heterocycles. The van der Waals surface area contributed by atoms with Gasteiger partial charge >= 0.3 is 0 Å². The SMILES string of the molecule is Nc1ccccc1NC(=O)c1ccc(Nc2nc(-c3cnc4ccc(OC5COC5)cn34)cs2)s1. The second-order valence-electron chi connectivity index (χ2n) is 7.88. The van der Waals surface area contributed by atoms with E-state index in [1.54, 1.807) is 24.4 Å². The van der Waals surface area contributed by atoms with Crippen LogP contribution >= 0.6 is 22.7 Å². The van der Waals surface area contributed by atoms with E-state index in [1.165, 1.54) is 22.7 Å². The van der Waals surface area contributed by atoms with Crippen molar-refractivity contribution in [1.29, 1.82) is 0 Å². The van der Waals surface area contributed by atoms with E-state index in [9.17, 15) is 4.79 Å². The van der Waals surface area contributed by atoms with Gasteiger partial charge in [-0.15, -0.1) is 22.7 Å². The number of pyridine rings is 1. The summed E-state index contributed by atoms with van der Waals surface area (Å²) in [7, 11) is 0. The van der Waals surface area contributed by atoms with Gasteiger partial charge in [0.1, 0.15) is 23.2 Å². The normalized spacial score (nSPS) is 13.5. The summed E-state index contributed by atoms with van der Waals surface area (Å²) < 4.78 is 13.1. The van der Waals surface area contributed by atoms with Crippen LogP contribution in [0, 0.1) is 0 Å². The highest BCUT2D eigenvalue weighted by molar-refractivity contribution is 7.19. The fourth-order valence-electron chi connectivity index (χ4n) is 3.57. The topological polar surface area (TPSA) is 116 Å². The quantitative estimate of drug-likeness (QED) is 0.271. The van der Waals surface area contributed by atoms with Crippen LogP contribution in [0.2, 0.25) is 0 Å². The Morgan fingerprint density at radius 1 is 1.17 bits per heavy atom. The monoisotopic (exact) mass is 504 g/mol. The lowest BCUT2D eigenvalue weighted by Gasteiger charge is -2.26. The number of hydrogen-bond donors (Lipinski definition) is 3. The van der Waals surface area contributed by atoms with Crippen LogP contribution < -0.4 is 21.1 Å². The summed E-state index contributed by atoms with van der Waals surface area (Å²) in [6.45, 7) is 1.23. The first-order valence-electron chi connectivity index (χ1n) is 10.8. The zero-order valence-corrected chi connectivity index (χ0v) is 19.9. The number of nitrogens with zero attached hydrogens (tertiary/aromatic N) is 3. The average molecular weight is 505 g/mol. The van der Waals surface area contributed by atoms with Crippen molar-refractivity contribution in [2.45, 2.75) is 6.10 Å². The molecule has 1 saturated heterocycles. The number of anilines is 4. The molecule has 0 bridgehead atoms. The number of fused-ring (bicyclic) bond motifs is 1. The smallest absolute Gasteiger partial charge is 0.265 e. The molecule has 1 fully saturated rings. The average Bonchev–Trinajstić information content (AvgIpc) is 3.57. The van der Waals surface area contributed by atoms with Crippen molar-refractivity contribution in [2.24, 2.45) is 0 Å². The molecular weight excluding hydrogens is 484 g/mol. The number of thiazole rings is 1. The van der Waals surface area contributed by atoms with Crippen LogP contribution in [-0.4, -0.2) is 39.6 Å². The first-order valence-corrected chi connectivity index (χ1v) is 12.5. The van der Waals surface area contributed by atoms with Gasteiger partial charge in [-0.05, 0) is 36.4 Å². The van der Waals surface area contributed by atoms with Gasteiger partial charge in [0.05, 0.1) is 52.6 Å². The minimum absolute atomic E-state index is 0.0947. The van der Waals surface area contributed by atoms with Crippen molar-refractivity contribution in [3.05, 3.63) is 71.2 Å². The van der Waals surface area contributed by atoms with E-state index >= 15 is 0 Å². The Morgan fingerprint density at radius 2 is 2.06 bits per heavy atom. The highest BCUT2D eigenvalue weighted by Crippen LogP contribution is 2.32. The van der Waals surface area contributed by atoms with Gasteiger partial charge in [0.2, 0.25) is 0 Å². The molecule has 4 N–H and O–H groups in total. The minimum Gasteiger partial charge on any atom is -0.484 e. The van der Waals surface area contributed by atoms with Crippen LogP contribution in [-0.2, 0) is 4.74 Å². The molecule has 5 aromatic rings. The Bertz CT molecular complexity index is 1520. The molecule has 176 valence electrons. The van der Waals surface area contributed by atoms with Crippen LogP contribution in [0.4, 0.5) is 21.5 Å². The van der Waals surface area contributed by atoms with Crippen molar-refractivity contribution in [1.82, 2.24) is 14.4 Å². The molecule has 11 heteroatoms. The number of hydrogen-bond acceptors (Lipinski definition) is 9. The number of nitrogens with one attached hydrogen (secondary N) is 2. The van der Waals surface area contributed by atoms with Crippen LogP contribution in [0.3, 0.4) is 0 Å². The molecule has 0 unspecified atom stereocenters. The Kier molecular flexibility index (Phi) is 5.57. The van der Waals surface area contributed by atoms with E-state index in [4.69, 9.17) is 20.2 Å². The van der Waals surface area contributed by atoms with Gasteiger partial charge in [-0.25, -0.2) is 9.97 Å². The van der Waals surface area contributed by atoms with Gasteiger partial charge in [-0.2, -0.15) is 0 Å². The second kappa shape index (κ2) is 9.02. The number of imidazole rings is 1. The summed E-state index contributed by atoms with van der Waals surface area (Å²) in [5, 5.41) is 9.64. The highest BCUT2D eigenvalue weighted by atomic mass is 32.1. The number of nitrogens with two attached hydrogens (primary N) is 1. The molecule has 1 aliphatic rings. The Balaban J connectivity index is 1.17. The number of ether oxygens (including phenoxy) is 2. The lowest BCUT2D eigenvalue weighted by Crippen LogP contribution is -2.38. The molecule has 1 aliphatic heterocycles. The first-order chi connectivity index (χ1) is 17.1. The summed E-state index contributed by atoms with van der Waals surface area (Å²) in [6, 6.07) is 14.6. The molecule has 0 atom stereocenters. The lowest BCUT2D eigenvalue weighted by molar-refractivity contribution is -0.0798. The minimum atomic E-state index is -0.210. The highest BCUT2D eigenvalue weighted by Gasteiger charge is 2.20. The summed E-state index contributed by atoms with van der Waals surface area (Å²) in [6.07, 6.45) is 3.82. The molecule has 35 heavy (non-hydrogen) atoms. The number of rotatable bonds is 7. The molecule has 0 radical (unpaired) electrons. The fourth-order valence-corrected chi connectivity index (χ4v) is 5.15. The molecule has 6 rings (SSSR count). The van der Waals surface area contributed by atoms with Gasteiger partial charge in [0.25, 0.3) is 5.91 Å². The molecule has 4 aromatic heterocycles. The number of amides is 1. The summed E-state index contributed by atoms with van der Waals surface area (Å²) in [4.78, 5) is 22.4. The van der Waals surface area contributed by atoms with Gasteiger partial charge in [-0.3, -0.25) is 9.20 Å². The molecule has 1 amide bonds. The zero-order valence-electron chi connectivity index (χ0n) is 18.3. The number of aromatic nitrogens is 3. The molecule has 0 aliphatic carbocycles. The number of benzene rings is 1. The molecular formula is C24H20N6O3S2. The predicted molar refractivity (Wildman–Crippen MR) is 138 cm³/mol. The second-order valence-corrected chi connectivity index (χ2v) is 9.82. The van der Waals surface area contributed by atoms with Gasteiger partial charge < -0.3 is 25.8 Å². The van der Waals surface area contributed by atoms with E-state index in [-0.39, 0.29) is 12.0 Å². The lowest BCUT2D eigenvalue weighted by atomic mass is 10.2. The number of nitrogen functional groups attached to an aromatic ring is 1. The van der Waals surface area contributed by atoms with E-state index in [0.717, 1.165) is 32.9 Å². The number of para-hydroxylation sites is 2. The maximum atomic E-state index is 12.6. The third-order valence-electron chi connectivity index (χ3n) is 5.42. The first kappa shape index (κ1) is 21.6. The van der Waals surface area contributed by atoms with Crippen molar-refractivity contribution in [3.8, 4) is 17.1 Å². The van der Waals surface area contributed by atoms with Crippen molar-refractivity contribution in [3.63, 3.8) is 0 Å². The van der Waals surface area contributed by atoms with E-state index in [0.29, 0.717) is 29.5 Å². The van der Waals surface area contributed by atoms with Crippen molar-refractivity contribution >= 4 is 55.7 Å². The van der Waals surface area contributed by atoms with Crippen LogP contribution in [0.1, 0.15) is 9.67 Å². The Morgan fingerprint density at radius 3 is 2.89 bits per heavy atom. The summed E-state index contributed by atoms with van der Waals surface area (Å²) in [5.41, 5.74) is 9.51. The van der Waals surface area contributed by atoms with Crippen molar-refractivity contribution in [2.75, 3.05) is 29.6 Å². The van der Waals surface area contributed by atoms with Gasteiger partial charge in [0, 0.05) is 5.38 Å². The van der Waals surface area contributed by atoms with Crippen molar-refractivity contribution < 1.29 is 14.3 Å². The zero-order chi connectivity index (χ0) is 23.8. The maximum Gasteiger partial charge on any atom is 0.265 e. The molecule has 9 nitrogen and oxygen atoms in total. The summed E-state index contributed by atoms with van der Waals surface area (Å²) in [5.74, 6) is 0.554. The summed E-state index contributed by atoms with van der Waals surface area (Å²) >= 11 is 2.82. The largest absolute Gasteiger partial charge is 0.484 e. The molecule has 1 aromatic carbocycles. The fraction of sp³-hybridized carbons (Fsp3) is 0.125. The maximum absolute atomic E-state index is 12.6. The molecule has 0 spiro atoms. The standard InChI is InChI=1S/C24H20N6O3S2/c25-16-3-1-2-4-17(16)27-23(31)20-6-8-22(35-20)29-24-28-18(13-34-24)19-9-26-21-7-5-14(10-30(19)21)33-15-11-32-12-15/h1-10,13,15H,11-12,25H2,(H,27,31)(H,28,29). The number of carbonyl (C=O) groups excluding carboxylic acids is 1. The van der Waals surface area contributed by atoms with E-state index in [1.807, 2.05) is 46.3 Å². The predicted octanol–water partition coefficient (Wildman–Crippen LogP) is 4.88. The van der Waals surface area contributed by atoms with Crippen LogP contribution in [0.15, 0.2) is 66.3 Å². The third kappa shape index (κ3) is 4.44. The van der Waals surface area contributed by atoms with Gasteiger partial charge in [-0.1, -0.05) is 12.1 Å². The Hall–Kier alpha value is -3.93. The number of thiophene rings is 1.